The zero-order valence-electron chi connectivity index (χ0n) is 6.73. The molecule has 0 aliphatic carbocycles. The van der Waals surface area contributed by atoms with Crippen LogP contribution in [0.2, 0.25) is 0 Å². The Kier molecular flexibility index (Phi) is 2.89. The monoisotopic (exact) mass is 160 g/mol. The van der Waals surface area contributed by atoms with E-state index in [9.17, 15) is 5.11 Å². The van der Waals surface area contributed by atoms with Crippen molar-refractivity contribution in [1.29, 1.82) is 0 Å². The molecule has 0 radical (unpaired) electrons. The molecule has 0 aromatic rings. The molecule has 1 aliphatic rings. The minimum absolute atomic E-state index is 0.146. The molecule has 0 amide bonds. The average Bonchev–Trinajstić information content (AvgIpc) is 2.26. The zero-order valence-corrected chi connectivity index (χ0v) is 6.73. The van der Waals surface area contributed by atoms with Gasteiger partial charge >= 0.3 is 0 Å². The zero-order chi connectivity index (χ0) is 8.43. The van der Waals surface area contributed by atoms with Gasteiger partial charge in [0.25, 0.3) is 0 Å². The molecule has 1 aliphatic heterocycles. The van der Waals surface area contributed by atoms with E-state index in [4.69, 9.17) is 14.6 Å². The van der Waals surface area contributed by atoms with Gasteiger partial charge < -0.3 is 19.7 Å². The van der Waals surface area contributed by atoms with Crippen molar-refractivity contribution in [2.45, 2.75) is 24.3 Å². The van der Waals surface area contributed by atoms with E-state index in [-0.39, 0.29) is 18.7 Å². The van der Waals surface area contributed by atoms with Gasteiger partial charge in [-0.1, -0.05) is 0 Å². The van der Waals surface area contributed by atoms with Gasteiger partial charge in [-0.3, -0.25) is 0 Å². The van der Waals surface area contributed by atoms with Crippen LogP contribution in [0.25, 0.3) is 0 Å². The van der Waals surface area contributed by atoms with Gasteiger partial charge in [-0.2, -0.15) is 0 Å². The Morgan fingerprint density at radius 2 is 2.27 bits per heavy atom. The van der Waals surface area contributed by atoms with E-state index in [1.54, 1.807) is 0 Å². The average molecular weight is 160 g/mol. The molecule has 1 saturated heterocycles. The summed E-state index contributed by atoms with van der Waals surface area (Å²) < 4.78 is 10.2. The van der Waals surface area contributed by atoms with E-state index < -0.39 is 12.2 Å². The number of ether oxygens (including phenoxy) is 2. The third-order valence-electron chi connectivity index (χ3n) is 2.02. The lowest BCUT2D eigenvalue weighted by Crippen LogP contribution is -2.35. The Morgan fingerprint density at radius 3 is 2.55 bits per heavy atom. The van der Waals surface area contributed by atoms with E-state index in [1.165, 1.54) is 7.11 Å². The third-order valence-corrected chi connectivity index (χ3v) is 2.02. The first-order valence-corrected chi connectivity index (χ1v) is 3.68. The Bertz CT molecular complexity index is 132. The van der Waals surface area contributed by atoms with E-state index in [1.807, 2.05) is 7.85 Å². The lowest BCUT2D eigenvalue weighted by molar-refractivity contribution is -0.0145. The van der Waals surface area contributed by atoms with Gasteiger partial charge in [-0.25, -0.2) is 0 Å². The van der Waals surface area contributed by atoms with E-state index in [0.717, 1.165) is 0 Å². The van der Waals surface area contributed by atoms with E-state index in [2.05, 4.69) is 0 Å². The van der Waals surface area contributed by atoms with E-state index in [0.29, 0.717) is 0 Å². The highest BCUT2D eigenvalue weighted by Gasteiger charge is 2.40. The summed E-state index contributed by atoms with van der Waals surface area (Å²) in [5.74, 6) is 0. The highest BCUT2D eigenvalue weighted by molar-refractivity contribution is 6.11. The van der Waals surface area contributed by atoms with Crippen molar-refractivity contribution >= 4 is 7.85 Å². The lowest BCUT2D eigenvalue weighted by Gasteiger charge is -2.15. The predicted molar refractivity (Wildman–Crippen MR) is 41.1 cm³/mol. The Morgan fingerprint density at radius 1 is 1.64 bits per heavy atom. The van der Waals surface area contributed by atoms with Crippen LogP contribution < -0.4 is 0 Å². The minimum atomic E-state index is -0.708. The molecule has 0 saturated carbocycles. The second kappa shape index (κ2) is 3.54. The maximum absolute atomic E-state index is 9.41. The summed E-state index contributed by atoms with van der Waals surface area (Å²) in [5.41, 5.74) is 0. The second-order valence-electron chi connectivity index (χ2n) is 2.75. The molecule has 0 bridgehead atoms. The summed E-state index contributed by atoms with van der Waals surface area (Å²) >= 11 is 0. The molecule has 64 valence electrons. The number of methoxy groups -OCH3 is 1. The fourth-order valence-electron chi connectivity index (χ4n) is 1.40. The summed E-state index contributed by atoms with van der Waals surface area (Å²) in [4.78, 5) is 0. The molecule has 5 heteroatoms. The highest BCUT2D eigenvalue weighted by Crippen LogP contribution is 2.20. The van der Waals surface area contributed by atoms with Gasteiger partial charge in [0.15, 0.2) is 0 Å². The van der Waals surface area contributed by atoms with Crippen LogP contribution in [0.15, 0.2) is 0 Å². The standard InChI is InChI=1S/C6H13BO4/c1-10-5-4(9)3(2-8)11-6(5)7/h3-6,8-9H,2,7H2,1H3/t3-,4?,5?,6-/m1/s1. The van der Waals surface area contributed by atoms with Crippen LogP contribution in [0.3, 0.4) is 0 Å². The second-order valence-corrected chi connectivity index (χ2v) is 2.75. The van der Waals surface area contributed by atoms with Gasteiger partial charge in [0.05, 0.1) is 12.6 Å². The topological polar surface area (TPSA) is 58.9 Å². The van der Waals surface area contributed by atoms with Gasteiger partial charge in [0, 0.05) is 7.11 Å². The summed E-state index contributed by atoms with van der Waals surface area (Å²) in [6.45, 7) is -0.161. The minimum Gasteiger partial charge on any atom is -0.394 e. The van der Waals surface area contributed by atoms with Crippen LogP contribution in [0.1, 0.15) is 0 Å². The predicted octanol–water partition coefficient (Wildman–Crippen LogP) is -2.29. The van der Waals surface area contributed by atoms with Crippen molar-refractivity contribution in [3.63, 3.8) is 0 Å². The van der Waals surface area contributed by atoms with Gasteiger partial charge in [0.1, 0.15) is 26.2 Å². The summed E-state index contributed by atoms with van der Waals surface area (Å²) in [6.07, 6.45) is -1.51. The van der Waals surface area contributed by atoms with Crippen molar-refractivity contribution in [1.82, 2.24) is 0 Å². The molecule has 2 unspecified atom stereocenters. The quantitative estimate of drug-likeness (QED) is 0.446. The molecule has 0 aromatic heterocycles. The smallest absolute Gasteiger partial charge is 0.142 e. The summed E-state index contributed by atoms with van der Waals surface area (Å²) in [6, 6.07) is -0.146. The Balaban J connectivity index is 2.55. The van der Waals surface area contributed by atoms with Crippen LogP contribution in [0.5, 0.6) is 0 Å². The molecule has 4 atom stereocenters. The van der Waals surface area contributed by atoms with Gasteiger partial charge in [-0.05, 0) is 0 Å². The fraction of sp³-hybridized carbons (Fsp3) is 1.00. The number of hydrogen-bond acceptors (Lipinski definition) is 4. The maximum Gasteiger partial charge on any atom is 0.142 e. The first-order chi connectivity index (χ1) is 5.20. The first-order valence-electron chi connectivity index (χ1n) is 3.68. The number of aliphatic hydroxyl groups excluding tert-OH is 2. The molecule has 4 nitrogen and oxygen atoms in total. The number of rotatable bonds is 2. The molecule has 1 rings (SSSR count). The molecule has 11 heavy (non-hydrogen) atoms. The molecule has 0 aromatic carbocycles. The van der Waals surface area contributed by atoms with Crippen molar-refractivity contribution in [2.24, 2.45) is 0 Å². The molecular formula is C6H13BO4. The first kappa shape index (κ1) is 9.00. The summed E-state index contributed by atoms with van der Waals surface area (Å²) in [7, 11) is 3.33. The highest BCUT2D eigenvalue weighted by atomic mass is 16.6. The largest absolute Gasteiger partial charge is 0.394 e. The fourth-order valence-corrected chi connectivity index (χ4v) is 1.40. The molecule has 0 spiro atoms. The molecular weight excluding hydrogens is 147 g/mol. The Hall–Kier alpha value is -0.0951. The van der Waals surface area contributed by atoms with Gasteiger partial charge in [0.2, 0.25) is 0 Å². The number of hydrogen-bond donors (Lipinski definition) is 2. The molecule has 1 fully saturated rings. The van der Waals surface area contributed by atoms with Crippen LogP contribution in [-0.2, 0) is 9.47 Å². The van der Waals surface area contributed by atoms with Crippen LogP contribution in [0.4, 0.5) is 0 Å². The molecule has 1 heterocycles. The van der Waals surface area contributed by atoms with Crippen molar-refractivity contribution in [2.75, 3.05) is 13.7 Å². The Labute approximate surface area is 66.5 Å². The van der Waals surface area contributed by atoms with Gasteiger partial charge in [-0.15, -0.1) is 0 Å². The lowest BCUT2D eigenvalue weighted by atomic mass is 9.93. The SMILES string of the molecule is B[C@@H]1O[C@H](CO)C(O)C1OC. The third kappa shape index (κ3) is 1.56. The normalized spacial score (nSPS) is 44.6. The summed E-state index contributed by atoms with van der Waals surface area (Å²) in [5, 5.41) is 18.1. The van der Waals surface area contributed by atoms with Crippen molar-refractivity contribution < 1.29 is 19.7 Å². The van der Waals surface area contributed by atoms with Crippen LogP contribution >= 0.6 is 0 Å². The van der Waals surface area contributed by atoms with Crippen molar-refractivity contribution in [3.8, 4) is 0 Å². The maximum atomic E-state index is 9.41. The number of aliphatic hydroxyl groups is 2. The van der Waals surface area contributed by atoms with Crippen LogP contribution in [-0.4, -0.2) is 56.1 Å². The van der Waals surface area contributed by atoms with Crippen LogP contribution in [0, 0.1) is 0 Å². The van der Waals surface area contributed by atoms with E-state index >= 15 is 0 Å². The van der Waals surface area contributed by atoms with Crippen molar-refractivity contribution in [3.05, 3.63) is 0 Å². The molecule has 2 N–H and O–H groups in total.